The molecular weight excluding hydrogens is 272 g/mol. The summed E-state index contributed by atoms with van der Waals surface area (Å²) in [6.07, 6.45) is 0. The van der Waals surface area contributed by atoms with Crippen molar-refractivity contribution in [3.8, 4) is 0 Å². The van der Waals surface area contributed by atoms with Crippen molar-refractivity contribution in [2.45, 2.75) is 6.92 Å². The summed E-state index contributed by atoms with van der Waals surface area (Å²) in [5, 5.41) is 3.57. The van der Waals surface area contributed by atoms with E-state index in [1.807, 2.05) is 61.3 Å². The number of likely N-dealkylation sites (N-methyl/N-ethyl adjacent to an activating group) is 1. The molecule has 0 aliphatic rings. The van der Waals surface area contributed by atoms with E-state index < -0.39 is 0 Å². The van der Waals surface area contributed by atoms with Crippen LogP contribution < -0.4 is 10.2 Å². The number of hydrogen-bond acceptors (Lipinski definition) is 2. The first-order valence-corrected chi connectivity index (χ1v) is 6.76. The molecule has 0 saturated carbocycles. The number of aryl methyl sites for hydroxylation is 1. The predicted octanol–water partition coefficient (Wildman–Crippen LogP) is 3.72. The van der Waals surface area contributed by atoms with Crippen LogP contribution in [0.25, 0.3) is 0 Å². The average Bonchev–Trinajstić information content (AvgIpc) is 2.43. The molecule has 0 aromatic heterocycles. The SMILES string of the molecule is Cc1cc(Cl)ccc1NC(=O)CN(C)c1ccccc1. The maximum Gasteiger partial charge on any atom is 0.243 e. The molecule has 0 saturated heterocycles. The Balaban J connectivity index is 1.99. The Hall–Kier alpha value is -2.00. The van der Waals surface area contributed by atoms with Crippen molar-refractivity contribution >= 4 is 28.9 Å². The topological polar surface area (TPSA) is 32.3 Å². The number of carbonyl (C=O) groups is 1. The summed E-state index contributed by atoms with van der Waals surface area (Å²) in [5.41, 5.74) is 2.75. The number of nitrogens with one attached hydrogen (secondary N) is 1. The van der Waals surface area contributed by atoms with Gasteiger partial charge in [-0.3, -0.25) is 4.79 Å². The van der Waals surface area contributed by atoms with Gasteiger partial charge < -0.3 is 10.2 Å². The summed E-state index contributed by atoms with van der Waals surface area (Å²) in [7, 11) is 1.89. The highest BCUT2D eigenvalue weighted by Gasteiger charge is 2.09. The molecule has 4 heteroatoms. The smallest absolute Gasteiger partial charge is 0.243 e. The van der Waals surface area contributed by atoms with Crippen LogP contribution in [0.4, 0.5) is 11.4 Å². The van der Waals surface area contributed by atoms with Crippen molar-refractivity contribution in [1.29, 1.82) is 0 Å². The zero-order valence-corrected chi connectivity index (χ0v) is 12.3. The van der Waals surface area contributed by atoms with Crippen molar-refractivity contribution in [3.63, 3.8) is 0 Å². The van der Waals surface area contributed by atoms with E-state index >= 15 is 0 Å². The third-order valence-corrected chi connectivity index (χ3v) is 3.28. The lowest BCUT2D eigenvalue weighted by Gasteiger charge is -2.19. The highest BCUT2D eigenvalue weighted by molar-refractivity contribution is 6.30. The van der Waals surface area contributed by atoms with Gasteiger partial charge in [-0.25, -0.2) is 0 Å². The van der Waals surface area contributed by atoms with Crippen LogP contribution >= 0.6 is 11.6 Å². The molecule has 0 aliphatic heterocycles. The van der Waals surface area contributed by atoms with E-state index in [2.05, 4.69) is 5.32 Å². The summed E-state index contributed by atoms with van der Waals surface area (Å²) in [6, 6.07) is 15.2. The molecule has 104 valence electrons. The molecule has 3 nitrogen and oxygen atoms in total. The van der Waals surface area contributed by atoms with Crippen LogP contribution in [-0.4, -0.2) is 19.5 Å². The molecule has 0 heterocycles. The molecule has 0 aliphatic carbocycles. The number of nitrogens with zero attached hydrogens (tertiary/aromatic N) is 1. The predicted molar refractivity (Wildman–Crippen MR) is 84.5 cm³/mol. The van der Waals surface area contributed by atoms with E-state index in [1.54, 1.807) is 6.07 Å². The van der Waals surface area contributed by atoms with Gasteiger partial charge in [0.15, 0.2) is 0 Å². The standard InChI is InChI=1S/C16H17ClN2O/c1-12-10-13(17)8-9-15(12)18-16(20)11-19(2)14-6-4-3-5-7-14/h3-10H,11H2,1-2H3,(H,18,20). The Bertz CT molecular complexity index is 599. The van der Waals surface area contributed by atoms with E-state index in [9.17, 15) is 4.79 Å². The minimum atomic E-state index is -0.0539. The van der Waals surface area contributed by atoms with Crippen LogP contribution in [0.3, 0.4) is 0 Å². The number of rotatable bonds is 4. The van der Waals surface area contributed by atoms with E-state index in [4.69, 9.17) is 11.6 Å². The summed E-state index contributed by atoms with van der Waals surface area (Å²) in [6.45, 7) is 2.22. The Morgan fingerprint density at radius 1 is 1.20 bits per heavy atom. The van der Waals surface area contributed by atoms with Gasteiger partial charge in [0.2, 0.25) is 5.91 Å². The summed E-state index contributed by atoms with van der Waals surface area (Å²) >= 11 is 5.90. The lowest BCUT2D eigenvalue weighted by molar-refractivity contribution is -0.114. The van der Waals surface area contributed by atoms with Crippen molar-refractivity contribution < 1.29 is 4.79 Å². The third-order valence-electron chi connectivity index (χ3n) is 3.04. The van der Waals surface area contributed by atoms with Gasteiger partial charge in [0, 0.05) is 23.4 Å². The van der Waals surface area contributed by atoms with Crippen LogP contribution in [0, 0.1) is 6.92 Å². The second-order valence-electron chi connectivity index (χ2n) is 4.70. The maximum absolute atomic E-state index is 12.0. The van der Waals surface area contributed by atoms with Gasteiger partial charge in [-0.05, 0) is 42.8 Å². The number of benzene rings is 2. The number of amides is 1. The van der Waals surface area contributed by atoms with Crippen LogP contribution in [0.2, 0.25) is 5.02 Å². The highest BCUT2D eigenvalue weighted by Crippen LogP contribution is 2.19. The van der Waals surface area contributed by atoms with Crippen molar-refractivity contribution in [2.75, 3.05) is 23.8 Å². The lowest BCUT2D eigenvalue weighted by Crippen LogP contribution is -2.30. The molecule has 1 N–H and O–H groups in total. The average molecular weight is 289 g/mol. The Morgan fingerprint density at radius 3 is 2.55 bits per heavy atom. The van der Waals surface area contributed by atoms with Gasteiger partial charge in [0.1, 0.15) is 0 Å². The van der Waals surface area contributed by atoms with E-state index in [0.717, 1.165) is 16.9 Å². The zero-order valence-electron chi connectivity index (χ0n) is 11.6. The Kier molecular flexibility index (Phi) is 4.64. The fraction of sp³-hybridized carbons (Fsp3) is 0.188. The summed E-state index contributed by atoms with van der Waals surface area (Å²) < 4.78 is 0. The Morgan fingerprint density at radius 2 is 1.90 bits per heavy atom. The number of halogens is 1. The van der Waals surface area contributed by atoms with Gasteiger partial charge in [-0.2, -0.15) is 0 Å². The first-order valence-electron chi connectivity index (χ1n) is 6.38. The minimum Gasteiger partial charge on any atom is -0.365 e. The third kappa shape index (κ3) is 3.75. The maximum atomic E-state index is 12.0. The van der Waals surface area contributed by atoms with Crippen molar-refractivity contribution in [3.05, 3.63) is 59.1 Å². The second kappa shape index (κ2) is 6.44. The first-order chi connectivity index (χ1) is 9.56. The van der Waals surface area contributed by atoms with Gasteiger partial charge in [0.25, 0.3) is 0 Å². The highest BCUT2D eigenvalue weighted by atomic mass is 35.5. The zero-order chi connectivity index (χ0) is 14.5. The first kappa shape index (κ1) is 14.4. The number of anilines is 2. The molecule has 0 atom stereocenters. The molecule has 20 heavy (non-hydrogen) atoms. The molecule has 0 unspecified atom stereocenters. The molecule has 0 spiro atoms. The molecule has 2 aromatic rings. The molecule has 0 bridgehead atoms. The molecule has 2 rings (SSSR count). The van der Waals surface area contributed by atoms with Gasteiger partial charge in [-0.1, -0.05) is 29.8 Å². The molecular formula is C16H17ClN2O. The summed E-state index contributed by atoms with van der Waals surface area (Å²) in [5.74, 6) is -0.0539. The largest absolute Gasteiger partial charge is 0.365 e. The van der Waals surface area contributed by atoms with Crippen LogP contribution in [-0.2, 0) is 4.79 Å². The van der Waals surface area contributed by atoms with Gasteiger partial charge in [0.05, 0.1) is 6.54 Å². The normalized spacial score (nSPS) is 10.2. The van der Waals surface area contributed by atoms with Crippen molar-refractivity contribution in [2.24, 2.45) is 0 Å². The number of para-hydroxylation sites is 1. The Labute approximate surface area is 124 Å². The fourth-order valence-electron chi connectivity index (χ4n) is 1.95. The number of hydrogen-bond donors (Lipinski definition) is 1. The van der Waals surface area contributed by atoms with Crippen molar-refractivity contribution in [1.82, 2.24) is 0 Å². The quantitative estimate of drug-likeness (QED) is 0.930. The molecule has 2 aromatic carbocycles. The monoisotopic (exact) mass is 288 g/mol. The minimum absolute atomic E-state index is 0.0539. The number of carbonyl (C=O) groups excluding carboxylic acids is 1. The van der Waals surface area contributed by atoms with Gasteiger partial charge >= 0.3 is 0 Å². The van der Waals surface area contributed by atoms with Crippen LogP contribution in [0.1, 0.15) is 5.56 Å². The second-order valence-corrected chi connectivity index (χ2v) is 5.14. The van der Waals surface area contributed by atoms with Crippen LogP contribution in [0.15, 0.2) is 48.5 Å². The van der Waals surface area contributed by atoms with Crippen LogP contribution in [0.5, 0.6) is 0 Å². The van der Waals surface area contributed by atoms with E-state index in [-0.39, 0.29) is 5.91 Å². The van der Waals surface area contributed by atoms with E-state index in [0.29, 0.717) is 11.6 Å². The van der Waals surface area contributed by atoms with E-state index in [1.165, 1.54) is 0 Å². The molecule has 1 amide bonds. The van der Waals surface area contributed by atoms with Gasteiger partial charge in [-0.15, -0.1) is 0 Å². The summed E-state index contributed by atoms with van der Waals surface area (Å²) in [4.78, 5) is 14.0. The molecule has 0 fully saturated rings. The fourth-order valence-corrected chi connectivity index (χ4v) is 2.17. The lowest BCUT2D eigenvalue weighted by atomic mass is 10.2. The molecule has 0 radical (unpaired) electrons.